The third kappa shape index (κ3) is 2.82. The molecule has 1 unspecified atom stereocenters. The van der Waals surface area contributed by atoms with Crippen molar-refractivity contribution in [1.82, 2.24) is 0 Å². The van der Waals surface area contributed by atoms with Gasteiger partial charge < -0.3 is 9.84 Å². The van der Waals surface area contributed by atoms with Crippen molar-refractivity contribution in [2.75, 3.05) is 6.61 Å². The number of halogens is 2. The topological polar surface area (TPSA) is 29.5 Å². The van der Waals surface area contributed by atoms with Gasteiger partial charge in [-0.2, -0.15) is 0 Å². The third-order valence-electron chi connectivity index (χ3n) is 3.16. The Morgan fingerprint density at radius 1 is 1.42 bits per heavy atom. The first-order chi connectivity index (χ1) is 9.13. The van der Waals surface area contributed by atoms with E-state index in [1.807, 2.05) is 24.3 Å². The molecule has 0 fully saturated rings. The Labute approximate surface area is 129 Å². The van der Waals surface area contributed by atoms with Crippen molar-refractivity contribution in [2.45, 2.75) is 18.9 Å². The van der Waals surface area contributed by atoms with Crippen molar-refractivity contribution in [3.05, 3.63) is 49.1 Å². The van der Waals surface area contributed by atoms with Crippen LogP contribution in [0.15, 0.2) is 28.1 Å². The monoisotopic (exact) mass is 358 g/mol. The molecular weight excluding hydrogens is 348 g/mol. The van der Waals surface area contributed by atoms with Crippen LogP contribution in [0, 0.1) is 0 Å². The minimum atomic E-state index is -0.525. The maximum absolute atomic E-state index is 10.3. The third-order valence-corrected chi connectivity index (χ3v) is 5.10. The van der Waals surface area contributed by atoms with E-state index in [0.717, 1.165) is 32.0 Å². The molecule has 2 aromatic rings. The fourth-order valence-electron chi connectivity index (χ4n) is 2.31. The lowest BCUT2D eigenvalue weighted by Gasteiger charge is -2.12. The fourth-order valence-corrected chi connectivity index (χ4v) is 3.99. The van der Waals surface area contributed by atoms with Crippen LogP contribution in [0.25, 0.3) is 0 Å². The highest BCUT2D eigenvalue weighted by atomic mass is 79.9. The van der Waals surface area contributed by atoms with Gasteiger partial charge in [-0.15, -0.1) is 11.3 Å². The Hall–Kier alpha value is -0.550. The number of aliphatic hydroxyl groups excluding tert-OH is 1. The van der Waals surface area contributed by atoms with Crippen LogP contribution in [0.1, 0.15) is 22.1 Å². The Morgan fingerprint density at radius 2 is 2.26 bits per heavy atom. The predicted octanol–water partition coefficient (Wildman–Crippen LogP) is 4.38. The van der Waals surface area contributed by atoms with Gasteiger partial charge in [-0.1, -0.05) is 11.6 Å². The van der Waals surface area contributed by atoms with Crippen molar-refractivity contribution >= 4 is 38.9 Å². The van der Waals surface area contributed by atoms with Crippen LogP contribution < -0.4 is 4.74 Å². The molecule has 2 heterocycles. The number of fused-ring (bicyclic) bond motifs is 1. The number of rotatable bonds is 3. The van der Waals surface area contributed by atoms with Gasteiger partial charge in [0.1, 0.15) is 5.75 Å². The molecule has 0 saturated carbocycles. The van der Waals surface area contributed by atoms with Crippen LogP contribution in [0.4, 0.5) is 0 Å². The number of ether oxygens (including phenoxy) is 1. The normalized spacial score (nSPS) is 15.1. The molecule has 1 aromatic carbocycles. The van der Waals surface area contributed by atoms with E-state index >= 15 is 0 Å². The van der Waals surface area contributed by atoms with Gasteiger partial charge in [0.2, 0.25) is 0 Å². The maximum atomic E-state index is 10.3. The van der Waals surface area contributed by atoms with E-state index < -0.39 is 6.10 Å². The number of hydrogen-bond acceptors (Lipinski definition) is 3. The van der Waals surface area contributed by atoms with E-state index in [2.05, 4.69) is 15.9 Å². The standard InChI is InChI=1S/C14H12BrClO2S/c15-13-2-1-12(19-13)11(17)7-9-6-10(16)5-8-3-4-18-14(8)9/h1-2,5-6,11,17H,3-4,7H2. The zero-order valence-electron chi connectivity index (χ0n) is 10.0. The lowest BCUT2D eigenvalue weighted by atomic mass is 10.0. The molecule has 1 aliphatic rings. The highest BCUT2D eigenvalue weighted by Crippen LogP contribution is 2.36. The zero-order chi connectivity index (χ0) is 13.4. The van der Waals surface area contributed by atoms with E-state index in [4.69, 9.17) is 16.3 Å². The Kier molecular flexibility index (Phi) is 3.85. The molecule has 0 radical (unpaired) electrons. The summed E-state index contributed by atoms with van der Waals surface area (Å²) in [5.74, 6) is 0.902. The molecule has 3 rings (SSSR count). The SMILES string of the molecule is OC(Cc1cc(Cl)cc2c1OCC2)c1ccc(Br)s1. The minimum absolute atomic E-state index is 0.524. The highest BCUT2D eigenvalue weighted by molar-refractivity contribution is 9.11. The van der Waals surface area contributed by atoms with E-state index in [9.17, 15) is 5.11 Å². The van der Waals surface area contributed by atoms with Gasteiger partial charge in [-0.25, -0.2) is 0 Å². The van der Waals surface area contributed by atoms with Gasteiger partial charge in [-0.3, -0.25) is 0 Å². The summed E-state index contributed by atoms with van der Waals surface area (Å²) in [5, 5.41) is 11.0. The number of benzene rings is 1. The van der Waals surface area contributed by atoms with Crippen molar-refractivity contribution in [3.63, 3.8) is 0 Å². The zero-order valence-corrected chi connectivity index (χ0v) is 13.2. The average molecular weight is 360 g/mol. The molecule has 2 nitrogen and oxygen atoms in total. The van der Waals surface area contributed by atoms with E-state index in [1.165, 1.54) is 0 Å². The summed E-state index contributed by atoms with van der Waals surface area (Å²) in [6, 6.07) is 7.71. The molecule has 5 heteroatoms. The van der Waals surface area contributed by atoms with Crippen molar-refractivity contribution in [2.24, 2.45) is 0 Å². The molecular formula is C14H12BrClO2S. The summed E-state index contributed by atoms with van der Waals surface area (Å²) in [6.45, 7) is 0.698. The molecule has 0 bridgehead atoms. The van der Waals surface area contributed by atoms with Crippen molar-refractivity contribution in [1.29, 1.82) is 0 Å². The van der Waals surface area contributed by atoms with Gasteiger partial charge in [0.15, 0.2) is 0 Å². The first kappa shape index (κ1) is 13.4. The Morgan fingerprint density at radius 3 is 3.00 bits per heavy atom. The van der Waals surface area contributed by atoms with Gasteiger partial charge >= 0.3 is 0 Å². The molecule has 1 atom stereocenters. The number of thiophene rings is 1. The second-order valence-corrected chi connectivity index (χ2v) is 7.44. The smallest absolute Gasteiger partial charge is 0.126 e. The van der Waals surface area contributed by atoms with E-state index in [-0.39, 0.29) is 0 Å². The second-order valence-electron chi connectivity index (χ2n) is 4.51. The lowest BCUT2D eigenvalue weighted by molar-refractivity contribution is 0.181. The Balaban J connectivity index is 1.87. The van der Waals surface area contributed by atoms with Crippen molar-refractivity contribution in [3.8, 4) is 5.75 Å². The first-order valence-corrected chi connectivity index (χ1v) is 7.99. The van der Waals surface area contributed by atoms with Gasteiger partial charge in [-0.05, 0) is 51.3 Å². The summed E-state index contributed by atoms with van der Waals surface area (Å²) in [4.78, 5) is 0.943. The molecule has 100 valence electrons. The van der Waals surface area contributed by atoms with E-state index in [0.29, 0.717) is 18.1 Å². The average Bonchev–Trinajstić information content (AvgIpc) is 2.97. The fraction of sp³-hybridized carbons (Fsp3) is 0.286. The van der Waals surface area contributed by atoms with Crippen LogP contribution in [-0.4, -0.2) is 11.7 Å². The predicted molar refractivity (Wildman–Crippen MR) is 81.3 cm³/mol. The van der Waals surface area contributed by atoms with Crippen molar-refractivity contribution < 1.29 is 9.84 Å². The summed E-state index contributed by atoms with van der Waals surface area (Å²) >= 11 is 11.1. The summed E-state index contributed by atoms with van der Waals surface area (Å²) in [7, 11) is 0. The second kappa shape index (κ2) is 5.44. The molecule has 0 spiro atoms. The molecule has 1 N–H and O–H groups in total. The maximum Gasteiger partial charge on any atom is 0.126 e. The molecule has 1 aliphatic heterocycles. The summed E-state index contributed by atoms with van der Waals surface area (Å²) < 4.78 is 6.67. The summed E-state index contributed by atoms with van der Waals surface area (Å²) in [5.41, 5.74) is 2.12. The molecule has 1 aromatic heterocycles. The van der Waals surface area contributed by atoms with Gasteiger partial charge in [0.05, 0.1) is 16.5 Å². The van der Waals surface area contributed by atoms with Crippen LogP contribution >= 0.6 is 38.9 Å². The van der Waals surface area contributed by atoms with E-state index in [1.54, 1.807) is 11.3 Å². The minimum Gasteiger partial charge on any atom is -0.493 e. The van der Waals surface area contributed by atoms with Crippen LogP contribution in [0.3, 0.4) is 0 Å². The molecule has 19 heavy (non-hydrogen) atoms. The summed E-state index contributed by atoms with van der Waals surface area (Å²) in [6.07, 6.45) is 0.891. The van der Waals surface area contributed by atoms with Crippen LogP contribution in [0.2, 0.25) is 5.02 Å². The van der Waals surface area contributed by atoms with Gasteiger partial charge in [0.25, 0.3) is 0 Å². The number of aliphatic hydroxyl groups is 1. The highest BCUT2D eigenvalue weighted by Gasteiger charge is 2.20. The molecule has 0 saturated heterocycles. The molecule has 0 aliphatic carbocycles. The Bertz CT molecular complexity index is 611. The van der Waals surface area contributed by atoms with Crippen LogP contribution in [0.5, 0.6) is 5.75 Å². The van der Waals surface area contributed by atoms with Crippen LogP contribution in [-0.2, 0) is 12.8 Å². The quantitative estimate of drug-likeness (QED) is 0.881. The molecule has 0 amide bonds. The van der Waals surface area contributed by atoms with Gasteiger partial charge in [0, 0.05) is 22.7 Å². The lowest BCUT2D eigenvalue weighted by Crippen LogP contribution is -2.01. The largest absolute Gasteiger partial charge is 0.493 e. The first-order valence-electron chi connectivity index (χ1n) is 6.01. The number of hydrogen-bond donors (Lipinski definition) is 1.